The Morgan fingerprint density at radius 3 is 2.11 bits per heavy atom. The maximum absolute atomic E-state index is 12.8. The molecule has 1 aliphatic heterocycles. The van der Waals surface area contributed by atoms with Gasteiger partial charge < -0.3 is 10.1 Å². The number of hydrogen-bond acceptors (Lipinski definition) is 5. The molecule has 27 heavy (non-hydrogen) atoms. The van der Waals surface area contributed by atoms with Gasteiger partial charge in [-0.15, -0.1) is 0 Å². The van der Waals surface area contributed by atoms with Crippen LogP contribution in [-0.2, 0) is 10.3 Å². The zero-order chi connectivity index (χ0) is 19.4. The van der Waals surface area contributed by atoms with Gasteiger partial charge >= 0.3 is 6.03 Å². The number of benzene rings is 2. The summed E-state index contributed by atoms with van der Waals surface area (Å²) in [5, 5.41) is 20.4. The molecule has 7 heteroatoms. The summed E-state index contributed by atoms with van der Waals surface area (Å²) in [5.41, 5.74) is 0.427. The molecule has 1 heterocycles. The van der Waals surface area contributed by atoms with Gasteiger partial charge in [0.2, 0.25) is 0 Å². The van der Waals surface area contributed by atoms with Crippen molar-refractivity contribution in [2.45, 2.75) is 12.5 Å². The summed E-state index contributed by atoms with van der Waals surface area (Å²) in [6.07, 6.45) is 0. The van der Waals surface area contributed by atoms with E-state index in [1.165, 1.54) is 0 Å². The van der Waals surface area contributed by atoms with E-state index in [0.29, 0.717) is 22.4 Å². The minimum atomic E-state index is -1.18. The van der Waals surface area contributed by atoms with Gasteiger partial charge in [-0.2, -0.15) is 10.5 Å². The van der Waals surface area contributed by atoms with E-state index >= 15 is 0 Å². The SMILES string of the molecule is C[C@]1(c2ccc(C#N)cc2)NC(=O)N(CCOc2ccc(C#N)cc2)C1=O. The first-order valence-electron chi connectivity index (χ1n) is 8.25. The largest absolute Gasteiger partial charge is 0.492 e. The van der Waals surface area contributed by atoms with E-state index in [0.717, 1.165) is 4.90 Å². The highest BCUT2D eigenvalue weighted by atomic mass is 16.5. The van der Waals surface area contributed by atoms with Crippen molar-refractivity contribution < 1.29 is 14.3 Å². The van der Waals surface area contributed by atoms with Crippen molar-refractivity contribution in [2.75, 3.05) is 13.2 Å². The van der Waals surface area contributed by atoms with E-state index in [1.54, 1.807) is 55.5 Å². The quantitative estimate of drug-likeness (QED) is 0.823. The smallest absolute Gasteiger partial charge is 0.325 e. The van der Waals surface area contributed by atoms with Crippen LogP contribution < -0.4 is 10.1 Å². The molecule has 3 rings (SSSR count). The topological polar surface area (TPSA) is 106 Å². The number of rotatable bonds is 5. The Hall–Kier alpha value is -3.84. The molecule has 0 spiro atoms. The highest BCUT2D eigenvalue weighted by molar-refractivity contribution is 6.07. The molecule has 0 unspecified atom stereocenters. The summed E-state index contributed by atoms with van der Waals surface area (Å²) in [7, 11) is 0. The number of nitrogens with zero attached hydrogens (tertiary/aromatic N) is 3. The van der Waals surface area contributed by atoms with Crippen LogP contribution in [0.5, 0.6) is 5.75 Å². The summed E-state index contributed by atoms with van der Waals surface area (Å²) < 4.78 is 5.55. The molecule has 7 nitrogen and oxygen atoms in total. The van der Waals surface area contributed by atoms with Gasteiger partial charge in [0.05, 0.1) is 29.8 Å². The van der Waals surface area contributed by atoms with Crippen molar-refractivity contribution in [3.05, 3.63) is 65.2 Å². The average molecular weight is 360 g/mol. The van der Waals surface area contributed by atoms with Crippen LogP contribution in [-0.4, -0.2) is 30.0 Å². The number of amides is 3. The number of ether oxygens (including phenoxy) is 1. The van der Waals surface area contributed by atoms with Crippen LogP contribution in [0.15, 0.2) is 48.5 Å². The minimum Gasteiger partial charge on any atom is -0.492 e. The zero-order valence-electron chi connectivity index (χ0n) is 14.6. The molecule has 0 bridgehead atoms. The molecule has 0 aromatic heterocycles. The van der Waals surface area contributed by atoms with Gasteiger partial charge in [0.25, 0.3) is 5.91 Å². The first-order chi connectivity index (χ1) is 13.0. The Kier molecular flexibility index (Phi) is 4.78. The molecular formula is C20H16N4O3. The fraction of sp³-hybridized carbons (Fsp3) is 0.200. The van der Waals surface area contributed by atoms with E-state index in [2.05, 4.69) is 5.32 Å². The second-order valence-electron chi connectivity index (χ2n) is 6.19. The Labute approximate surface area is 156 Å². The molecule has 1 saturated heterocycles. The average Bonchev–Trinajstić information content (AvgIpc) is 2.92. The number of carbonyl (C=O) groups excluding carboxylic acids is 2. The van der Waals surface area contributed by atoms with Gasteiger partial charge in [-0.3, -0.25) is 9.69 Å². The van der Waals surface area contributed by atoms with Crippen LogP contribution in [0.25, 0.3) is 0 Å². The van der Waals surface area contributed by atoms with Crippen LogP contribution in [0.4, 0.5) is 4.79 Å². The third-order valence-corrected chi connectivity index (χ3v) is 4.43. The minimum absolute atomic E-state index is 0.0938. The Morgan fingerprint density at radius 2 is 1.56 bits per heavy atom. The fourth-order valence-electron chi connectivity index (χ4n) is 2.85. The molecular weight excluding hydrogens is 344 g/mol. The highest BCUT2D eigenvalue weighted by Crippen LogP contribution is 2.28. The Balaban J connectivity index is 1.66. The molecule has 0 aliphatic carbocycles. The van der Waals surface area contributed by atoms with Crippen molar-refractivity contribution in [1.29, 1.82) is 10.5 Å². The van der Waals surface area contributed by atoms with Gasteiger partial charge in [-0.25, -0.2) is 4.79 Å². The summed E-state index contributed by atoms with van der Waals surface area (Å²) in [6, 6.07) is 16.7. The second-order valence-corrected chi connectivity index (χ2v) is 6.19. The zero-order valence-corrected chi connectivity index (χ0v) is 14.6. The van der Waals surface area contributed by atoms with Crippen LogP contribution in [0.3, 0.4) is 0 Å². The number of nitrogens with one attached hydrogen (secondary N) is 1. The van der Waals surface area contributed by atoms with Crippen LogP contribution in [0.1, 0.15) is 23.6 Å². The predicted molar refractivity (Wildman–Crippen MR) is 95.4 cm³/mol. The normalized spacial score (nSPS) is 18.6. The molecule has 1 fully saturated rings. The van der Waals surface area contributed by atoms with E-state index in [9.17, 15) is 9.59 Å². The van der Waals surface area contributed by atoms with Gasteiger partial charge in [0.1, 0.15) is 17.9 Å². The number of carbonyl (C=O) groups is 2. The van der Waals surface area contributed by atoms with E-state index in [4.69, 9.17) is 15.3 Å². The lowest BCUT2D eigenvalue weighted by molar-refractivity contribution is -0.131. The first kappa shape index (κ1) is 18.0. The lowest BCUT2D eigenvalue weighted by Gasteiger charge is -2.22. The van der Waals surface area contributed by atoms with Crippen molar-refractivity contribution in [3.8, 4) is 17.9 Å². The second kappa shape index (κ2) is 7.19. The standard InChI is InChI=1S/C20H16N4O3/c1-20(16-6-2-14(12-21)3-7-16)18(25)24(19(26)23-20)10-11-27-17-8-4-15(13-22)5-9-17/h2-9H,10-11H2,1H3,(H,23,26)/t20-/m1/s1. The Morgan fingerprint density at radius 1 is 1.00 bits per heavy atom. The van der Waals surface area contributed by atoms with E-state index < -0.39 is 11.6 Å². The van der Waals surface area contributed by atoms with Gasteiger partial charge in [0, 0.05) is 0 Å². The van der Waals surface area contributed by atoms with Crippen molar-refractivity contribution in [2.24, 2.45) is 0 Å². The first-order valence-corrected chi connectivity index (χ1v) is 8.25. The summed E-state index contributed by atoms with van der Waals surface area (Å²) in [6.45, 7) is 1.86. The summed E-state index contributed by atoms with van der Waals surface area (Å²) in [4.78, 5) is 26.2. The third-order valence-electron chi connectivity index (χ3n) is 4.43. The molecule has 134 valence electrons. The predicted octanol–water partition coefficient (Wildman–Crippen LogP) is 2.28. The molecule has 2 aromatic carbocycles. The maximum atomic E-state index is 12.8. The molecule has 2 aromatic rings. The van der Waals surface area contributed by atoms with Crippen molar-refractivity contribution in [1.82, 2.24) is 10.2 Å². The Bertz CT molecular complexity index is 955. The highest BCUT2D eigenvalue weighted by Gasteiger charge is 2.48. The number of imide groups is 1. The lowest BCUT2D eigenvalue weighted by atomic mass is 9.91. The van der Waals surface area contributed by atoms with Crippen molar-refractivity contribution >= 4 is 11.9 Å². The molecule has 3 amide bonds. The number of nitriles is 2. The van der Waals surface area contributed by atoms with Crippen LogP contribution in [0.2, 0.25) is 0 Å². The van der Waals surface area contributed by atoms with E-state index in [-0.39, 0.29) is 19.1 Å². The molecule has 1 aliphatic rings. The summed E-state index contributed by atoms with van der Waals surface area (Å²) >= 11 is 0. The van der Waals surface area contributed by atoms with Crippen molar-refractivity contribution in [3.63, 3.8) is 0 Å². The molecule has 0 radical (unpaired) electrons. The maximum Gasteiger partial charge on any atom is 0.325 e. The van der Waals surface area contributed by atoms with E-state index in [1.807, 2.05) is 12.1 Å². The third kappa shape index (κ3) is 3.44. The van der Waals surface area contributed by atoms with Crippen LogP contribution in [0, 0.1) is 22.7 Å². The van der Waals surface area contributed by atoms with Gasteiger partial charge in [0.15, 0.2) is 0 Å². The molecule has 1 N–H and O–H groups in total. The van der Waals surface area contributed by atoms with Crippen LogP contribution >= 0.6 is 0 Å². The number of urea groups is 1. The van der Waals surface area contributed by atoms with Gasteiger partial charge in [-0.1, -0.05) is 12.1 Å². The fourth-order valence-corrected chi connectivity index (χ4v) is 2.85. The van der Waals surface area contributed by atoms with Gasteiger partial charge in [-0.05, 0) is 48.9 Å². The lowest BCUT2D eigenvalue weighted by Crippen LogP contribution is -2.41. The number of hydrogen-bond donors (Lipinski definition) is 1. The molecule has 0 saturated carbocycles. The monoisotopic (exact) mass is 360 g/mol. The molecule has 1 atom stereocenters. The summed E-state index contributed by atoms with van der Waals surface area (Å²) in [5.74, 6) is 0.177.